The maximum Gasteiger partial charge on any atom is 0.194 e. The fraction of sp³-hybridized carbons (Fsp3) is 0.692. The van der Waals surface area contributed by atoms with E-state index in [-0.39, 0.29) is 0 Å². The van der Waals surface area contributed by atoms with Gasteiger partial charge in [-0.05, 0) is 111 Å². The van der Waals surface area contributed by atoms with Gasteiger partial charge in [-0.25, -0.2) is 13.2 Å². The molecule has 0 bridgehead atoms. The summed E-state index contributed by atoms with van der Waals surface area (Å²) in [6.45, 7) is 3.21. The van der Waals surface area contributed by atoms with Crippen LogP contribution < -0.4 is 0 Å². The largest absolute Gasteiger partial charge is 0.378 e. The Morgan fingerprint density at radius 2 is 1.57 bits per heavy atom. The first kappa shape index (κ1) is 21.9. The summed E-state index contributed by atoms with van der Waals surface area (Å²) in [6, 6.07) is 2.26. The molecule has 1 nitrogen and oxygen atoms in total. The van der Waals surface area contributed by atoms with E-state index in [0.717, 1.165) is 61.3 Å². The van der Waals surface area contributed by atoms with E-state index < -0.39 is 17.5 Å². The number of halogens is 3. The molecule has 1 saturated carbocycles. The third-order valence-corrected chi connectivity index (χ3v) is 7.92. The number of allylic oxidation sites excluding steroid dienone is 2. The summed E-state index contributed by atoms with van der Waals surface area (Å²) in [5.74, 6) is -0.678. The highest BCUT2D eigenvalue weighted by atomic mass is 19.2. The third kappa shape index (κ3) is 4.95. The number of rotatable bonds is 5. The third-order valence-electron chi connectivity index (χ3n) is 7.92. The summed E-state index contributed by atoms with van der Waals surface area (Å²) in [6.07, 6.45) is 15.7. The molecule has 166 valence electrons. The maximum absolute atomic E-state index is 13.6. The first-order valence-electron chi connectivity index (χ1n) is 12.0. The molecule has 1 heterocycles. The van der Waals surface area contributed by atoms with Crippen LogP contribution >= 0.6 is 0 Å². The van der Waals surface area contributed by atoms with E-state index in [4.69, 9.17) is 4.74 Å². The van der Waals surface area contributed by atoms with Gasteiger partial charge in [-0.1, -0.05) is 19.4 Å². The van der Waals surface area contributed by atoms with E-state index in [1.165, 1.54) is 51.4 Å². The molecule has 2 aliphatic carbocycles. The average molecular weight is 421 g/mol. The summed E-state index contributed by atoms with van der Waals surface area (Å²) in [5, 5.41) is 0. The first-order chi connectivity index (χ1) is 14.5. The molecule has 0 spiro atoms. The molecule has 0 aromatic heterocycles. The Bertz CT molecular complexity index is 720. The predicted molar refractivity (Wildman–Crippen MR) is 114 cm³/mol. The van der Waals surface area contributed by atoms with Crippen molar-refractivity contribution in [3.8, 4) is 0 Å². The fourth-order valence-electron chi connectivity index (χ4n) is 6.11. The standard InChI is InChI=1S/C26H35F3O/c1-2-3-17-4-13-25(30-16-17)21-11-9-19(10-12-21)18-5-7-20(8-6-18)22-14-23(27)26(29)24(28)15-22/h7,14-15,17-19,21,25H,2-6,8-13,16H2,1H3. The smallest absolute Gasteiger partial charge is 0.194 e. The van der Waals surface area contributed by atoms with Crippen LogP contribution in [0.5, 0.6) is 0 Å². The zero-order valence-electron chi connectivity index (χ0n) is 18.1. The molecule has 1 aromatic carbocycles. The Labute approximate surface area is 179 Å². The lowest BCUT2D eigenvalue weighted by molar-refractivity contribution is -0.0612. The Morgan fingerprint density at radius 1 is 0.867 bits per heavy atom. The molecular weight excluding hydrogens is 385 g/mol. The van der Waals surface area contributed by atoms with E-state index >= 15 is 0 Å². The number of hydrogen-bond acceptors (Lipinski definition) is 1. The molecule has 4 heteroatoms. The summed E-state index contributed by atoms with van der Waals surface area (Å²) < 4.78 is 46.6. The van der Waals surface area contributed by atoms with Gasteiger partial charge in [-0.2, -0.15) is 0 Å². The molecule has 3 aliphatic rings. The van der Waals surface area contributed by atoms with Crippen molar-refractivity contribution in [2.24, 2.45) is 23.7 Å². The molecule has 1 aromatic rings. The Kier molecular flexibility index (Phi) is 7.23. The SMILES string of the molecule is CCCC1CCC(C2CCC(C3CC=C(c4cc(F)c(F)c(F)c4)CC3)CC2)OC1. The van der Waals surface area contributed by atoms with Crippen LogP contribution in [0.25, 0.3) is 5.57 Å². The van der Waals surface area contributed by atoms with Crippen LogP contribution in [0.3, 0.4) is 0 Å². The number of hydrogen-bond donors (Lipinski definition) is 0. The molecular formula is C26H35F3O. The topological polar surface area (TPSA) is 9.23 Å². The predicted octanol–water partition coefficient (Wildman–Crippen LogP) is 7.69. The van der Waals surface area contributed by atoms with Gasteiger partial charge in [0.15, 0.2) is 17.5 Å². The second-order valence-corrected chi connectivity index (χ2v) is 9.80. The van der Waals surface area contributed by atoms with Gasteiger partial charge in [-0.15, -0.1) is 0 Å². The van der Waals surface area contributed by atoms with E-state index in [2.05, 4.69) is 13.0 Å². The molecule has 2 fully saturated rings. The summed E-state index contributed by atoms with van der Waals surface area (Å²) in [4.78, 5) is 0. The van der Waals surface area contributed by atoms with E-state index in [9.17, 15) is 13.2 Å². The molecule has 0 radical (unpaired) electrons. The van der Waals surface area contributed by atoms with Crippen LogP contribution in [0.15, 0.2) is 18.2 Å². The molecule has 3 unspecified atom stereocenters. The maximum atomic E-state index is 13.6. The van der Waals surface area contributed by atoms with Crippen LogP contribution in [-0.2, 0) is 4.74 Å². The Hall–Kier alpha value is -1.29. The van der Waals surface area contributed by atoms with Gasteiger partial charge in [0, 0.05) is 6.61 Å². The normalized spacial score (nSPS) is 32.7. The monoisotopic (exact) mass is 420 g/mol. The van der Waals surface area contributed by atoms with Crippen molar-refractivity contribution < 1.29 is 17.9 Å². The lowest BCUT2D eigenvalue weighted by Gasteiger charge is -2.40. The number of ether oxygens (including phenoxy) is 1. The van der Waals surface area contributed by atoms with Gasteiger partial charge < -0.3 is 4.74 Å². The lowest BCUT2D eigenvalue weighted by atomic mass is 9.69. The summed E-state index contributed by atoms with van der Waals surface area (Å²) in [5.41, 5.74) is 1.44. The van der Waals surface area contributed by atoms with Crippen LogP contribution in [0.4, 0.5) is 13.2 Å². The molecule has 3 atom stereocenters. The summed E-state index contributed by atoms with van der Waals surface area (Å²) in [7, 11) is 0. The second kappa shape index (κ2) is 9.89. The van der Waals surface area contributed by atoms with Gasteiger partial charge in [0.05, 0.1) is 6.10 Å². The zero-order valence-corrected chi connectivity index (χ0v) is 18.1. The van der Waals surface area contributed by atoms with Crippen molar-refractivity contribution in [3.63, 3.8) is 0 Å². The van der Waals surface area contributed by atoms with Crippen molar-refractivity contribution >= 4 is 5.57 Å². The van der Waals surface area contributed by atoms with Gasteiger partial charge in [-0.3, -0.25) is 0 Å². The molecule has 30 heavy (non-hydrogen) atoms. The van der Waals surface area contributed by atoms with Crippen LogP contribution in [0.1, 0.15) is 83.1 Å². The molecule has 1 saturated heterocycles. The Morgan fingerprint density at radius 3 is 2.13 bits per heavy atom. The van der Waals surface area contributed by atoms with Crippen molar-refractivity contribution in [2.75, 3.05) is 6.61 Å². The lowest BCUT2D eigenvalue weighted by Crippen LogP contribution is -2.35. The first-order valence-corrected chi connectivity index (χ1v) is 12.0. The highest BCUT2D eigenvalue weighted by Gasteiger charge is 2.34. The second-order valence-electron chi connectivity index (χ2n) is 9.80. The highest BCUT2D eigenvalue weighted by molar-refractivity contribution is 5.66. The van der Waals surface area contributed by atoms with E-state index in [1.807, 2.05) is 0 Å². The van der Waals surface area contributed by atoms with Crippen LogP contribution in [0.2, 0.25) is 0 Å². The molecule has 1 aliphatic heterocycles. The van der Waals surface area contributed by atoms with Gasteiger partial charge in [0.1, 0.15) is 0 Å². The Balaban J connectivity index is 1.27. The van der Waals surface area contributed by atoms with Gasteiger partial charge >= 0.3 is 0 Å². The minimum absolute atomic E-state index is 0.472. The highest BCUT2D eigenvalue weighted by Crippen LogP contribution is 2.43. The van der Waals surface area contributed by atoms with Crippen LogP contribution in [-0.4, -0.2) is 12.7 Å². The van der Waals surface area contributed by atoms with Crippen LogP contribution in [0, 0.1) is 41.1 Å². The van der Waals surface area contributed by atoms with Gasteiger partial charge in [0.25, 0.3) is 0 Å². The zero-order chi connectivity index (χ0) is 21.1. The van der Waals surface area contributed by atoms with Gasteiger partial charge in [0.2, 0.25) is 0 Å². The van der Waals surface area contributed by atoms with Crippen molar-refractivity contribution in [1.29, 1.82) is 0 Å². The number of benzene rings is 1. The van der Waals surface area contributed by atoms with Crippen molar-refractivity contribution in [1.82, 2.24) is 0 Å². The molecule has 4 rings (SSSR count). The minimum atomic E-state index is -1.38. The van der Waals surface area contributed by atoms with Crippen molar-refractivity contribution in [3.05, 3.63) is 41.2 Å². The fourth-order valence-corrected chi connectivity index (χ4v) is 6.11. The molecule has 0 N–H and O–H groups in total. The quantitative estimate of drug-likeness (QED) is 0.444. The van der Waals surface area contributed by atoms with E-state index in [1.54, 1.807) is 0 Å². The summed E-state index contributed by atoms with van der Waals surface area (Å²) >= 11 is 0. The van der Waals surface area contributed by atoms with E-state index in [0.29, 0.717) is 17.6 Å². The molecule has 0 amide bonds. The van der Waals surface area contributed by atoms with Crippen molar-refractivity contribution in [2.45, 2.75) is 83.7 Å². The average Bonchev–Trinajstić information content (AvgIpc) is 2.78. The minimum Gasteiger partial charge on any atom is -0.378 e.